The van der Waals surface area contributed by atoms with E-state index in [0.717, 1.165) is 25.8 Å². The van der Waals surface area contributed by atoms with E-state index in [-0.39, 0.29) is 0 Å². The molecule has 4 nitrogen and oxygen atoms in total. The topological polar surface area (TPSA) is 19.0 Å². The lowest BCUT2D eigenvalue weighted by Crippen LogP contribution is -2.52. The highest BCUT2D eigenvalue weighted by Crippen LogP contribution is 2.17. The molecule has 0 radical (unpaired) electrons. The van der Waals surface area contributed by atoms with Gasteiger partial charge in [0.1, 0.15) is 0 Å². The van der Waals surface area contributed by atoms with Crippen LogP contribution in [0.2, 0.25) is 0 Å². The van der Waals surface area contributed by atoms with Crippen molar-refractivity contribution in [3.63, 3.8) is 0 Å². The van der Waals surface area contributed by atoms with Crippen molar-refractivity contribution >= 4 is 0 Å². The average molecular weight is 255 g/mol. The summed E-state index contributed by atoms with van der Waals surface area (Å²) in [6.07, 6.45) is 2.69. The van der Waals surface area contributed by atoms with Crippen molar-refractivity contribution < 1.29 is 4.74 Å². The number of hydrogen-bond acceptors (Lipinski definition) is 4. The second-order valence-electron chi connectivity index (χ2n) is 5.61. The Morgan fingerprint density at radius 3 is 2.28 bits per heavy atom. The second-order valence-corrected chi connectivity index (χ2v) is 5.61. The van der Waals surface area contributed by atoms with Crippen molar-refractivity contribution in [2.75, 3.05) is 66.1 Å². The number of likely N-dealkylation sites (N-methyl/N-ethyl adjacent to an activating group) is 1. The van der Waals surface area contributed by atoms with E-state index in [1.54, 1.807) is 0 Å². The summed E-state index contributed by atoms with van der Waals surface area (Å²) < 4.78 is 5.43. The number of piperidine rings is 1. The second kappa shape index (κ2) is 7.43. The zero-order valence-electron chi connectivity index (χ0n) is 12.1. The van der Waals surface area contributed by atoms with E-state index < -0.39 is 0 Å². The summed E-state index contributed by atoms with van der Waals surface area (Å²) in [4.78, 5) is 7.70. The van der Waals surface area contributed by atoms with Crippen molar-refractivity contribution in [2.45, 2.75) is 25.8 Å². The first-order valence-corrected chi connectivity index (χ1v) is 7.52. The van der Waals surface area contributed by atoms with E-state index in [2.05, 4.69) is 28.7 Å². The highest BCUT2D eigenvalue weighted by Gasteiger charge is 2.26. The summed E-state index contributed by atoms with van der Waals surface area (Å²) in [6, 6.07) is 0.835. The summed E-state index contributed by atoms with van der Waals surface area (Å²) in [6.45, 7) is 12.4. The Balaban J connectivity index is 1.63. The maximum atomic E-state index is 5.43. The van der Waals surface area contributed by atoms with Gasteiger partial charge in [0.05, 0.1) is 6.61 Å². The molecule has 2 rings (SSSR count). The highest BCUT2D eigenvalue weighted by atomic mass is 16.5. The van der Waals surface area contributed by atoms with Gasteiger partial charge in [-0.05, 0) is 39.9 Å². The van der Waals surface area contributed by atoms with Crippen LogP contribution in [0.4, 0.5) is 0 Å². The molecule has 0 aromatic heterocycles. The smallest absolute Gasteiger partial charge is 0.0593 e. The van der Waals surface area contributed by atoms with E-state index >= 15 is 0 Å². The van der Waals surface area contributed by atoms with Gasteiger partial charge in [-0.15, -0.1) is 0 Å². The van der Waals surface area contributed by atoms with Gasteiger partial charge < -0.3 is 14.5 Å². The van der Waals surface area contributed by atoms with Gasteiger partial charge in [0.25, 0.3) is 0 Å². The number of piperazine rings is 1. The van der Waals surface area contributed by atoms with E-state index in [9.17, 15) is 0 Å². The number of likely N-dealkylation sites (tertiary alicyclic amines) is 1. The van der Waals surface area contributed by atoms with E-state index in [1.165, 1.54) is 52.1 Å². The van der Waals surface area contributed by atoms with Gasteiger partial charge in [0.2, 0.25) is 0 Å². The first kappa shape index (κ1) is 14.3. The number of ether oxygens (including phenoxy) is 1. The zero-order chi connectivity index (χ0) is 12.8. The fraction of sp³-hybridized carbons (Fsp3) is 1.00. The lowest BCUT2D eigenvalue weighted by Gasteiger charge is -2.42. The monoisotopic (exact) mass is 255 g/mol. The van der Waals surface area contributed by atoms with Gasteiger partial charge in [-0.2, -0.15) is 0 Å². The molecule has 0 aromatic rings. The molecule has 0 N–H and O–H groups in total. The van der Waals surface area contributed by atoms with E-state index in [4.69, 9.17) is 4.74 Å². The maximum Gasteiger partial charge on any atom is 0.0593 e. The van der Waals surface area contributed by atoms with Crippen molar-refractivity contribution in [1.29, 1.82) is 0 Å². The molecular formula is C14H29N3O. The molecule has 0 atom stereocenters. The predicted molar refractivity (Wildman–Crippen MR) is 75.0 cm³/mol. The fourth-order valence-corrected chi connectivity index (χ4v) is 3.03. The lowest BCUT2D eigenvalue weighted by molar-refractivity contribution is 0.0536. The molecule has 2 aliphatic heterocycles. The van der Waals surface area contributed by atoms with Crippen LogP contribution in [-0.2, 0) is 4.74 Å². The van der Waals surface area contributed by atoms with Crippen LogP contribution in [-0.4, -0.2) is 86.8 Å². The molecule has 0 unspecified atom stereocenters. The molecule has 2 fully saturated rings. The van der Waals surface area contributed by atoms with Gasteiger partial charge in [-0.1, -0.05) is 0 Å². The summed E-state index contributed by atoms with van der Waals surface area (Å²) in [5.74, 6) is 0. The quantitative estimate of drug-likeness (QED) is 0.674. The molecule has 18 heavy (non-hydrogen) atoms. The van der Waals surface area contributed by atoms with Crippen LogP contribution in [0.1, 0.15) is 19.8 Å². The number of hydrogen-bond donors (Lipinski definition) is 0. The van der Waals surface area contributed by atoms with E-state index in [0.29, 0.717) is 0 Å². The molecule has 0 amide bonds. The van der Waals surface area contributed by atoms with Crippen LogP contribution in [0, 0.1) is 0 Å². The molecule has 106 valence electrons. The van der Waals surface area contributed by atoms with Crippen LogP contribution in [0.3, 0.4) is 0 Å². The minimum Gasteiger partial charge on any atom is -0.380 e. The molecule has 2 heterocycles. The average Bonchev–Trinajstić information content (AvgIpc) is 2.41. The van der Waals surface area contributed by atoms with Crippen molar-refractivity contribution in [1.82, 2.24) is 14.7 Å². The van der Waals surface area contributed by atoms with Gasteiger partial charge in [-0.25, -0.2) is 0 Å². The summed E-state index contributed by atoms with van der Waals surface area (Å²) in [7, 11) is 2.23. The third-order valence-corrected chi connectivity index (χ3v) is 4.37. The molecule has 2 saturated heterocycles. The summed E-state index contributed by atoms with van der Waals surface area (Å²) >= 11 is 0. The molecule has 4 heteroatoms. The first-order chi connectivity index (χ1) is 8.79. The van der Waals surface area contributed by atoms with Crippen molar-refractivity contribution in [3.8, 4) is 0 Å². The number of rotatable bonds is 5. The molecule has 2 aliphatic rings. The predicted octanol–water partition coefficient (Wildman–Crippen LogP) is 0.735. The van der Waals surface area contributed by atoms with Crippen LogP contribution >= 0.6 is 0 Å². The highest BCUT2D eigenvalue weighted by molar-refractivity contribution is 4.82. The van der Waals surface area contributed by atoms with Crippen LogP contribution in [0.15, 0.2) is 0 Å². The van der Waals surface area contributed by atoms with Crippen molar-refractivity contribution in [2.24, 2.45) is 0 Å². The van der Waals surface area contributed by atoms with Gasteiger partial charge in [0.15, 0.2) is 0 Å². The van der Waals surface area contributed by atoms with Gasteiger partial charge in [0, 0.05) is 45.4 Å². The van der Waals surface area contributed by atoms with Crippen LogP contribution in [0.5, 0.6) is 0 Å². The minimum atomic E-state index is 0.835. The van der Waals surface area contributed by atoms with Crippen LogP contribution < -0.4 is 0 Å². The Bertz CT molecular complexity index is 221. The molecular weight excluding hydrogens is 226 g/mol. The van der Waals surface area contributed by atoms with Gasteiger partial charge >= 0.3 is 0 Å². The molecule has 0 aromatic carbocycles. The van der Waals surface area contributed by atoms with E-state index in [1.807, 2.05) is 0 Å². The Morgan fingerprint density at radius 2 is 1.67 bits per heavy atom. The van der Waals surface area contributed by atoms with Gasteiger partial charge in [-0.3, -0.25) is 4.90 Å². The summed E-state index contributed by atoms with van der Waals surface area (Å²) in [5.41, 5.74) is 0. The Labute approximate surface area is 112 Å². The lowest BCUT2D eigenvalue weighted by atomic mass is 10.0. The minimum absolute atomic E-state index is 0.835. The first-order valence-electron chi connectivity index (χ1n) is 7.52. The third-order valence-electron chi connectivity index (χ3n) is 4.37. The van der Waals surface area contributed by atoms with Crippen LogP contribution in [0.25, 0.3) is 0 Å². The zero-order valence-corrected chi connectivity index (χ0v) is 12.1. The standard InChI is InChI=1S/C14H29N3O/c1-3-18-13-12-16-6-4-14(5-7-16)17-10-8-15(2)9-11-17/h14H,3-13H2,1-2H3. The Kier molecular flexibility index (Phi) is 5.89. The molecule has 0 bridgehead atoms. The summed E-state index contributed by atoms with van der Waals surface area (Å²) in [5, 5.41) is 0. The largest absolute Gasteiger partial charge is 0.380 e. The molecule has 0 saturated carbocycles. The third kappa shape index (κ3) is 4.19. The maximum absolute atomic E-state index is 5.43. The Hall–Kier alpha value is -0.160. The normalized spacial score (nSPS) is 25.7. The molecule has 0 spiro atoms. The Morgan fingerprint density at radius 1 is 1.00 bits per heavy atom. The van der Waals surface area contributed by atoms with Crippen molar-refractivity contribution in [3.05, 3.63) is 0 Å². The number of nitrogens with zero attached hydrogens (tertiary/aromatic N) is 3. The molecule has 0 aliphatic carbocycles. The fourth-order valence-electron chi connectivity index (χ4n) is 3.03. The SMILES string of the molecule is CCOCCN1CCC(N2CCN(C)CC2)CC1.